The van der Waals surface area contributed by atoms with Crippen LogP contribution < -0.4 is 5.32 Å². The van der Waals surface area contributed by atoms with E-state index in [4.69, 9.17) is 9.22 Å². The van der Waals surface area contributed by atoms with Crippen LogP contribution in [0.15, 0.2) is 24.3 Å². The van der Waals surface area contributed by atoms with Crippen molar-refractivity contribution in [3.8, 4) is 5.75 Å². The summed E-state index contributed by atoms with van der Waals surface area (Å²) >= 11 is 0. The van der Waals surface area contributed by atoms with Crippen molar-refractivity contribution in [1.29, 1.82) is 0 Å². The van der Waals surface area contributed by atoms with Crippen LogP contribution in [-0.4, -0.2) is 35.3 Å². The summed E-state index contributed by atoms with van der Waals surface area (Å²) < 4.78 is 5.66. The van der Waals surface area contributed by atoms with Crippen LogP contribution >= 0.6 is 0 Å². The summed E-state index contributed by atoms with van der Waals surface area (Å²) in [5, 5.41) is 12.0. The number of aromatic hydroxyl groups is 1. The first-order valence-electron chi connectivity index (χ1n) is 5.82. The molecule has 0 spiro atoms. The van der Waals surface area contributed by atoms with Gasteiger partial charge in [0.25, 0.3) is 0 Å². The fourth-order valence-electron chi connectivity index (χ4n) is 1.25. The minimum absolute atomic E-state index is 0.0210. The molecule has 1 amide bonds. The molecule has 1 aromatic rings. The van der Waals surface area contributed by atoms with E-state index in [0.29, 0.717) is 22.4 Å². The highest BCUT2D eigenvalue weighted by atomic mass is 28.4. The Labute approximate surface area is 111 Å². The molecule has 0 fully saturated rings. The van der Waals surface area contributed by atoms with E-state index in [2.05, 4.69) is 25.0 Å². The summed E-state index contributed by atoms with van der Waals surface area (Å²) in [4.78, 5) is 11.6. The summed E-state index contributed by atoms with van der Waals surface area (Å²) in [6, 6.07) is 6.66. The van der Waals surface area contributed by atoms with Gasteiger partial charge >= 0.3 is 0 Å². The number of hydrogen-bond donors (Lipinski definition) is 2. The summed E-state index contributed by atoms with van der Waals surface area (Å²) in [5.41, 5.74) is 0.889. The topological polar surface area (TPSA) is 58.6 Å². The van der Waals surface area contributed by atoms with Gasteiger partial charge in [-0.2, -0.15) is 0 Å². The van der Waals surface area contributed by atoms with E-state index >= 15 is 0 Å². The predicted molar refractivity (Wildman–Crippen MR) is 75.0 cm³/mol. The molecule has 0 saturated carbocycles. The molecule has 98 valence electrons. The molecule has 0 aliphatic carbocycles. The zero-order chi connectivity index (χ0) is 13.6. The number of rotatable bonds is 6. The molecule has 6 heteroatoms. The lowest BCUT2D eigenvalue weighted by Gasteiger charge is -2.16. The van der Waals surface area contributed by atoms with Crippen molar-refractivity contribution in [2.45, 2.75) is 26.1 Å². The Bertz CT molecular complexity index is 387. The summed E-state index contributed by atoms with van der Waals surface area (Å²) in [6.45, 7) is 6.37. The smallest absolute Gasteiger partial charge is 0.237 e. The lowest BCUT2D eigenvalue weighted by Crippen LogP contribution is -2.35. The first kappa shape index (κ1) is 14.9. The van der Waals surface area contributed by atoms with E-state index in [0.717, 1.165) is 5.56 Å². The molecule has 0 saturated heterocycles. The van der Waals surface area contributed by atoms with Gasteiger partial charge in [-0.05, 0) is 37.3 Å². The van der Waals surface area contributed by atoms with Crippen molar-refractivity contribution in [2.75, 3.05) is 6.17 Å². The fourth-order valence-corrected chi connectivity index (χ4v) is 3.54. The maximum Gasteiger partial charge on any atom is 0.237 e. The third kappa shape index (κ3) is 6.58. The molecule has 0 heterocycles. The van der Waals surface area contributed by atoms with E-state index in [1.54, 1.807) is 24.3 Å². The summed E-state index contributed by atoms with van der Waals surface area (Å²) in [7, 11) is -1.15. The molecule has 1 rings (SSSR count). The largest absolute Gasteiger partial charge is 0.508 e. The molecule has 0 atom stereocenters. The van der Waals surface area contributed by atoms with E-state index < -0.39 is 8.32 Å². The number of phenolic OH excluding ortho intramolecular Hbond substituents is 1. The monoisotopic (exact) mass is 281 g/mol. The van der Waals surface area contributed by atoms with Crippen LogP contribution in [-0.2, 0) is 15.3 Å². The van der Waals surface area contributed by atoms with Crippen molar-refractivity contribution in [1.82, 2.24) is 5.32 Å². The SMILES string of the molecule is C[Si](C)(C)O[Si]CNC(=O)Cc1ccc(O)cc1. The van der Waals surface area contributed by atoms with Crippen molar-refractivity contribution >= 4 is 24.0 Å². The number of benzene rings is 1. The number of phenols is 1. The molecule has 18 heavy (non-hydrogen) atoms. The maximum atomic E-state index is 11.6. The Kier molecular flexibility index (Phi) is 5.58. The van der Waals surface area contributed by atoms with E-state index in [-0.39, 0.29) is 11.7 Å². The molecule has 0 aromatic heterocycles. The quantitative estimate of drug-likeness (QED) is 0.613. The van der Waals surface area contributed by atoms with Gasteiger partial charge in [0.05, 0.1) is 6.42 Å². The molecular formula is C12H19NO3Si2. The highest BCUT2D eigenvalue weighted by Crippen LogP contribution is 2.09. The lowest BCUT2D eigenvalue weighted by atomic mass is 10.1. The van der Waals surface area contributed by atoms with Gasteiger partial charge in [-0.15, -0.1) is 0 Å². The van der Waals surface area contributed by atoms with Crippen LogP contribution in [0.25, 0.3) is 0 Å². The van der Waals surface area contributed by atoms with Crippen LogP contribution in [0.3, 0.4) is 0 Å². The second-order valence-electron chi connectivity index (χ2n) is 4.98. The van der Waals surface area contributed by atoms with Gasteiger partial charge in [-0.1, -0.05) is 12.1 Å². The van der Waals surface area contributed by atoms with Crippen LogP contribution in [0.5, 0.6) is 5.75 Å². The number of carbonyl (C=O) groups is 1. The van der Waals surface area contributed by atoms with Gasteiger partial charge in [0.1, 0.15) is 5.75 Å². The van der Waals surface area contributed by atoms with Gasteiger partial charge in [0.15, 0.2) is 8.32 Å². The molecular weight excluding hydrogens is 262 g/mol. The third-order valence-electron chi connectivity index (χ3n) is 2.04. The molecule has 0 aliphatic heterocycles. The lowest BCUT2D eigenvalue weighted by molar-refractivity contribution is -0.120. The van der Waals surface area contributed by atoms with E-state index in [9.17, 15) is 4.79 Å². The predicted octanol–water partition coefficient (Wildman–Crippen LogP) is 1.48. The van der Waals surface area contributed by atoms with Gasteiger partial charge in [0, 0.05) is 6.17 Å². The highest BCUT2D eigenvalue weighted by Gasteiger charge is 2.13. The second kappa shape index (κ2) is 6.72. The first-order chi connectivity index (χ1) is 8.37. The van der Waals surface area contributed by atoms with Gasteiger partial charge in [-0.25, -0.2) is 0 Å². The molecule has 0 bridgehead atoms. The Hall–Kier alpha value is -1.12. The zero-order valence-electron chi connectivity index (χ0n) is 11.0. The Morgan fingerprint density at radius 1 is 1.33 bits per heavy atom. The third-order valence-corrected chi connectivity index (χ3v) is 5.39. The van der Waals surface area contributed by atoms with Gasteiger partial charge < -0.3 is 14.5 Å². The molecule has 0 unspecified atom stereocenters. The van der Waals surface area contributed by atoms with Crippen LogP contribution in [0.2, 0.25) is 19.6 Å². The number of hydrogen-bond acceptors (Lipinski definition) is 3. The normalized spacial score (nSPS) is 11.3. The Morgan fingerprint density at radius 2 is 1.94 bits per heavy atom. The van der Waals surface area contributed by atoms with Gasteiger partial charge in [-0.3, -0.25) is 4.79 Å². The summed E-state index contributed by atoms with van der Waals surface area (Å²) in [5.74, 6) is 0.191. The van der Waals surface area contributed by atoms with Crippen molar-refractivity contribution in [3.05, 3.63) is 29.8 Å². The maximum absolute atomic E-state index is 11.6. The van der Waals surface area contributed by atoms with Crippen LogP contribution in [0, 0.1) is 0 Å². The van der Waals surface area contributed by atoms with Crippen molar-refractivity contribution < 1.29 is 14.0 Å². The fraction of sp³-hybridized carbons (Fsp3) is 0.417. The van der Waals surface area contributed by atoms with Gasteiger partial charge in [0.2, 0.25) is 15.7 Å². The number of amides is 1. The minimum atomic E-state index is -1.48. The minimum Gasteiger partial charge on any atom is -0.508 e. The van der Waals surface area contributed by atoms with Crippen LogP contribution in [0.4, 0.5) is 0 Å². The molecule has 4 nitrogen and oxygen atoms in total. The molecule has 0 aliphatic rings. The number of carbonyl (C=O) groups excluding carboxylic acids is 1. The Balaban J connectivity index is 2.24. The van der Waals surface area contributed by atoms with Crippen molar-refractivity contribution in [3.63, 3.8) is 0 Å². The van der Waals surface area contributed by atoms with E-state index in [1.165, 1.54) is 0 Å². The highest BCUT2D eigenvalue weighted by molar-refractivity contribution is 6.73. The Morgan fingerprint density at radius 3 is 2.50 bits per heavy atom. The standard InChI is InChI=1S/C12H19NO3Si2/c1-18(2,3)16-17-9-13-12(15)8-10-4-6-11(14)7-5-10/h4-7,14H,8-9H2,1-3H3,(H,13,15). The number of nitrogens with one attached hydrogen (secondary N) is 1. The van der Waals surface area contributed by atoms with Crippen molar-refractivity contribution in [2.24, 2.45) is 0 Å². The molecule has 2 radical (unpaired) electrons. The first-order valence-corrected chi connectivity index (χ1v) is 10.3. The van der Waals surface area contributed by atoms with E-state index in [1.807, 2.05) is 0 Å². The molecule has 2 N–H and O–H groups in total. The van der Waals surface area contributed by atoms with Crippen LogP contribution in [0.1, 0.15) is 5.56 Å². The molecule has 1 aromatic carbocycles. The average molecular weight is 281 g/mol. The summed E-state index contributed by atoms with van der Waals surface area (Å²) in [6.07, 6.45) is 0.902. The zero-order valence-corrected chi connectivity index (χ0v) is 13.0. The average Bonchev–Trinajstić information content (AvgIpc) is 2.26. The second-order valence-corrected chi connectivity index (χ2v) is 10.7.